The molecule has 0 aromatic rings. The molecule has 0 aromatic carbocycles. The van der Waals surface area contributed by atoms with Crippen molar-refractivity contribution in [2.45, 2.75) is 32.5 Å². The Kier molecular flexibility index (Phi) is 2.76. The van der Waals surface area contributed by atoms with Crippen molar-refractivity contribution in [2.24, 2.45) is 23.7 Å². The van der Waals surface area contributed by atoms with E-state index in [9.17, 15) is 14.4 Å². The van der Waals surface area contributed by atoms with Gasteiger partial charge in [0.05, 0.1) is 12.5 Å². The molecule has 1 heterocycles. The summed E-state index contributed by atoms with van der Waals surface area (Å²) in [5.74, 6) is -1.33. The minimum Gasteiger partial charge on any atom is -0.465 e. The summed E-state index contributed by atoms with van der Waals surface area (Å²) >= 11 is 0. The molecule has 104 valence electrons. The fourth-order valence-corrected chi connectivity index (χ4v) is 4.02. The van der Waals surface area contributed by atoms with Crippen LogP contribution in [0.3, 0.4) is 0 Å². The van der Waals surface area contributed by atoms with Crippen LogP contribution in [0.5, 0.6) is 0 Å². The largest absolute Gasteiger partial charge is 0.465 e. The van der Waals surface area contributed by atoms with E-state index in [0.717, 1.165) is 0 Å². The maximum absolute atomic E-state index is 11.7. The fourth-order valence-electron chi connectivity index (χ4n) is 4.02. The van der Waals surface area contributed by atoms with Gasteiger partial charge in [-0.3, -0.25) is 14.4 Å². The van der Waals surface area contributed by atoms with Gasteiger partial charge in [0.1, 0.15) is 12.2 Å². The van der Waals surface area contributed by atoms with E-state index in [1.54, 1.807) is 0 Å². The summed E-state index contributed by atoms with van der Waals surface area (Å²) in [6, 6.07) is 0. The third-order valence-corrected chi connectivity index (χ3v) is 4.46. The first-order valence-corrected chi connectivity index (χ1v) is 6.50. The van der Waals surface area contributed by atoms with Gasteiger partial charge in [-0.1, -0.05) is 0 Å². The number of carbonyl (C=O) groups is 3. The molecule has 2 aliphatic carbocycles. The van der Waals surface area contributed by atoms with Gasteiger partial charge < -0.3 is 14.2 Å². The highest BCUT2D eigenvalue weighted by molar-refractivity contribution is 5.77. The Morgan fingerprint density at radius 2 is 1.84 bits per heavy atom. The van der Waals surface area contributed by atoms with Crippen LogP contribution >= 0.6 is 0 Å². The quantitative estimate of drug-likeness (QED) is 0.529. The van der Waals surface area contributed by atoms with Crippen LogP contribution in [0.4, 0.5) is 0 Å². The van der Waals surface area contributed by atoms with Crippen LogP contribution in [0.25, 0.3) is 0 Å². The smallest absolute Gasteiger partial charge is 0.309 e. The van der Waals surface area contributed by atoms with Crippen molar-refractivity contribution >= 4 is 17.9 Å². The van der Waals surface area contributed by atoms with E-state index in [1.807, 2.05) is 0 Å². The molecular weight excluding hydrogens is 252 g/mol. The van der Waals surface area contributed by atoms with Crippen molar-refractivity contribution in [3.8, 4) is 0 Å². The molecule has 2 saturated carbocycles. The predicted molar refractivity (Wildman–Crippen MR) is 60.6 cm³/mol. The van der Waals surface area contributed by atoms with Crippen LogP contribution in [0.2, 0.25) is 0 Å². The third-order valence-electron chi connectivity index (χ3n) is 4.46. The fraction of sp³-hybridized carbons (Fsp3) is 0.769. The standard InChI is InChI=1S/C13H16O6/c1-5(14)18-9-3-7-10-8(4-17-13(10)16)11(9)12(7)19-6(2)15/h7-12H,3-4H2,1-2H3/t7-,8-,9-,10+,11-,12+/m0/s1. The van der Waals surface area contributed by atoms with E-state index in [1.165, 1.54) is 13.8 Å². The SMILES string of the molecule is CC(=O)O[C@@H]1[C@H]2C[C@H](OC(C)=O)[C@@H]1[C@H]1COC(=O)[C@H]21. The van der Waals surface area contributed by atoms with Crippen molar-refractivity contribution < 1.29 is 28.6 Å². The highest BCUT2D eigenvalue weighted by atomic mass is 16.6. The zero-order chi connectivity index (χ0) is 13.7. The Hall–Kier alpha value is -1.59. The lowest BCUT2D eigenvalue weighted by atomic mass is 9.80. The van der Waals surface area contributed by atoms with Gasteiger partial charge in [-0.2, -0.15) is 0 Å². The second-order valence-corrected chi connectivity index (χ2v) is 5.52. The minimum absolute atomic E-state index is 0.0000463. The summed E-state index contributed by atoms with van der Waals surface area (Å²) in [6.45, 7) is 3.05. The van der Waals surface area contributed by atoms with Gasteiger partial charge in [-0.15, -0.1) is 0 Å². The lowest BCUT2D eigenvalue weighted by Gasteiger charge is -2.27. The van der Waals surface area contributed by atoms with E-state index in [0.29, 0.717) is 13.0 Å². The predicted octanol–water partition coefficient (Wildman–Crippen LogP) is 0.289. The highest BCUT2D eigenvalue weighted by Crippen LogP contribution is 2.57. The molecule has 6 heteroatoms. The van der Waals surface area contributed by atoms with Crippen molar-refractivity contribution in [1.29, 1.82) is 0 Å². The first kappa shape index (κ1) is 12.4. The summed E-state index contributed by atoms with van der Waals surface area (Å²) in [5.41, 5.74) is 0. The Balaban J connectivity index is 1.85. The summed E-state index contributed by atoms with van der Waals surface area (Å²) in [5, 5.41) is 0. The molecule has 2 bridgehead atoms. The lowest BCUT2D eigenvalue weighted by molar-refractivity contribution is -0.155. The first-order valence-electron chi connectivity index (χ1n) is 6.50. The van der Waals surface area contributed by atoms with E-state index >= 15 is 0 Å². The number of ether oxygens (including phenoxy) is 3. The molecule has 0 spiro atoms. The number of rotatable bonds is 2. The Labute approximate surface area is 110 Å². The van der Waals surface area contributed by atoms with Crippen LogP contribution in [0.1, 0.15) is 20.3 Å². The van der Waals surface area contributed by atoms with E-state index in [2.05, 4.69) is 0 Å². The molecular formula is C13H16O6. The van der Waals surface area contributed by atoms with Gasteiger partial charge in [0.25, 0.3) is 0 Å². The van der Waals surface area contributed by atoms with Gasteiger partial charge in [-0.25, -0.2) is 0 Å². The lowest BCUT2D eigenvalue weighted by Crippen LogP contribution is -2.35. The molecule has 1 saturated heterocycles. The van der Waals surface area contributed by atoms with Gasteiger partial charge in [0.15, 0.2) is 0 Å². The van der Waals surface area contributed by atoms with Crippen LogP contribution in [-0.4, -0.2) is 36.7 Å². The van der Waals surface area contributed by atoms with Gasteiger partial charge >= 0.3 is 17.9 Å². The summed E-state index contributed by atoms with van der Waals surface area (Å²) in [7, 11) is 0. The molecule has 0 N–H and O–H groups in total. The molecule has 6 atom stereocenters. The molecule has 0 radical (unpaired) electrons. The average molecular weight is 268 g/mol. The Morgan fingerprint density at radius 1 is 1.16 bits per heavy atom. The van der Waals surface area contributed by atoms with Gasteiger partial charge in [-0.05, 0) is 6.42 Å². The maximum atomic E-state index is 11.7. The van der Waals surface area contributed by atoms with Crippen LogP contribution in [-0.2, 0) is 28.6 Å². The van der Waals surface area contributed by atoms with Crippen molar-refractivity contribution in [3.63, 3.8) is 0 Å². The normalized spacial score (nSPS) is 42.7. The zero-order valence-electron chi connectivity index (χ0n) is 10.8. The Morgan fingerprint density at radius 3 is 2.47 bits per heavy atom. The topological polar surface area (TPSA) is 78.9 Å². The molecule has 6 nitrogen and oxygen atoms in total. The molecule has 1 aliphatic heterocycles. The molecule has 3 aliphatic rings. The number of hydrogen-bond acceptors (Lipinski definition) is 6. The van der Waals surface area contributed by atoms with Crippen LogP contribution in [0, 0.1) is 23.7 Å². The zero-order valence-corrected chi connectivity index (χ0v) is 10.8. The van der Waals surface area contributed by atoms with E-state index < -0.39 is 0 Å². The highest BCUT2D eigenvalue weighted by Gasteiger charge is 2.66. The number of hydrogen-bond donors (Lipinski definition) is 0. The Bertz CT molecular complexity index is 444. The van der Waals surface area contributed by atoms with Crippen molar-refractivity contribution in [1.82, 2.24) is 0 Å². The number of esters is 3. The second-order valence-electron chi connectivity index (χ2n) is 5.52. The number of cyclic esters (lactones) is 1. The van der Waals surface area contributed by atoms with Crippen molar-refractivity contribution in [2.75, 3.05) is 6.61 Å². The van der Waals surface area contributed by atoms with Crippen LogP contribution in [0.15, 0.2) is 0 Å². The molecule has 0 unspecified atom stereocenters. The molecule has 19 heavy (non-hydrogen) atoms. The maximum Gasteiger partial charge on any atom is 0.309 e. The third kappa shape index (κ3) is 1.81. The molecule has 3 fully saturated rings. The molecule has 3 rings (SSSR count). The van der Waals surface area contributed by atoms with Gasteiger partial charge in [0, 0.05) is 31.6 Å². The molecule has 0 aromatic heterocycles. The molecule has 0 amide bonds. The minimum atomic E-state index is -0.364. The summed E-state index contributed by atoms with van der Waals surface area (Å²) < 4.78 is 15.7. The summed E-state index contributed by atoms with van der Waals surface area (Å²) in [4.78, 5) is 34.1. The number of fused-ring (bicyclic) bond motifs is 5. The average Bonchev–Trinajstić information content (AvgIpc) is 2.89. The summed E-state index contributed by atoms with van der Waals surface area (Å²) in [6.07, 6.45) is -0.0364. The van der Waals surface area contributed by atoms with E-state index in [4.69, 9.17) is 14.2 Å². The first-order chi connectivity index (χ1) is 8.99. The number of carbonyl (C=O) groups excluding carboxylic acids is 3. The van der Waals surface area contributed by atoms with Crippen molar-refractivity contribution in [3.05, 3.63) is 0 Å². The van der Waals surface area contributed by atoms with Gasteiger partial charge in [0.2, 0.25) is 0 Å². The van der Waals surface area contributed by atoms with Crippen LogP contribution < -0.4 is 0 Å². The van der Waals surface area contributed by atoms with E-state index in [-0.39, 0.29) is 53.8 Å². The monoisotopic (exact) mass is 268 g/mol. The second kappa shape index (κ2) is 4.21.